The van der Waals surface area contributed by atoms with Crippen LogP contribution in [0.15, 0.2) is 24.5 Å². The van der Waals surface area contributed by atoms with E-state index in [-0.39, 0.29) is 5.91 Å². The second kappa shape index (κ2) is 6.17. The van der Waals surface area contributed by atoms with Crippen LogP contribution in [0.5, 0.6) is 5.75 Å². The molecule has 2 aromatic rings. The number of fused-ring (bicyclic) bond motifs is 1. The molecule has 1 fully saturated rings. The molecule has 1 aliphatic heterocycles. The molecule has 0 aliphatic carbocycles. The van der Waals surface area contributed by atoms with Gasteiger partial charge in [0.2, 0.25) is 0 Å². The van der Waals surface area contributed by atoms with E-state index in [0.717, 1.165) is 23.6 Å². The van der Waals surface area contributed by atoms with Gasteiger partial charge in [0.25, 0.3) is 5.91 Å². The number of morpholine rings is 1. The summed E-state index contributed by atoms with van der Waals surface area (Å²) in [6.45, 7) is 5.70. The van der Waals surface area contributed by atoms with E-state index in [0.29, 0.717) is 13.2 Å². The predicted molar refractivity (Wildman–Crippen MR) is 85.5 cm³/mol. The van der Waals surface area contributed by atoms with Crippen LogP contribution < -0.4 is 15.4 Å². The summed E-state index contributed by atoms with van der Waals surface area (Å²) in [6.07, 6.45) is 3.19. The van der Waals surface area contributed by atoms with E-state index in [9.17, 15) is 4.79 Å². The Hall–Kier alpha value is -2.12. The lowest BCUT2D eigenvalue weighted by atomic mass is 10.0. The number of amides is 1. The molecule has 0 saturated carbocycles. The molecule has 0 spiro atoms. The van der Waals surface area contributed by atoms with E-state index >= 15 is 0 Å². The van der Waals surface area contributed by atoms with Crippen LogP contribution >= 0.6 is 0 Å². The summed E-state index contributed by atoms with van der Waals surface area (Å²) in [5.41, 5.74) is 0.222. The summed E-state index contributed by atoms with van der Waals surface area (Å²) in [4.78, 5) is 16.9. The Morgan fingerprint density at radius 1 is 1.57 bits per heavy atom. The minimum absolute atomic E-state index is 0.137. The van der Waals surface area contributed by atoms with Crippen molar-refractivity contribution in [3.8, 4) is 5.75 Å². The van der Waals surface area contributed by atoms with Gasteiger partial charge >= 0.3 is 0 Å². The fraction of sp³-hybridized carbons (Fsp3) is 0.500. The molecule has 1 amide bonds. The molecule has 124 valence electrons. The first kappa shape index (κ1) is 15.8. The van der Waals surface area contributed by atoms with Crippen LogP contribution in [0.3, 0.4) is 0 Å². The van der Waals surface area contributed by atoms with Crippen LogP contribution in [0, 0.1) is 0 Å². The monoisotopic (exact) mass is 318 g/mol. The van der Waals surface area contributed by atoms with Crippen molar-refractivity contribution >= 4 is 11.4 Å². The van der Waals surface area contributed by atoms with Gasteiger partial charge < -0.3 is 20.1 Å². The van der Waals surface area contributed by atoms with Crippen molar-refractivity contribution in [1.82, 2.24) is 20.0 Å². The van der Waals surface area contributed by atoms with Gasteiger partial charge in [0, 0.05) is 19.3 Å². The minimum Gasteiger partial charge on any atom is -0.494 e. The van der Waals surface area contributed by atoms with Gasteiger partial charge in [-0.05, 0) is 26.0 Å². The number of nitrogens with one attached hydrogen (secondary N) is 2. The van der Waals surface area contributed by atoms with Gasteiger partial charge in [-0.3, -0.25) is 9.20 Å². The van der Waals surface area contributed by atoms with Crippen molar-refractivity contribution < 1.29 is 14.3 Å². The number of carbonyl (C=O) groups excluding carboxylic acids is 1. The number of imidazole rings is 1. The summed E-state index contributed by atoms with van der Waals surface area (Å²) in [5, 5.41) is 6.19. The first-order valence-electron chi connectivity index (χ1n) is 7.68. The molecule has 2 N–H and O–H groups in total. The molecule has 3 rings (SSSR count). The van der Waals surface area contributed by atoms with Crippen molar-refractivity contribution in [2.45, 2.75) is 25.5 Å². The molecule has 7 nitrogen and oxygen atoms in total. The Morgan fingerprint density at radius 2 is 2.39 bits per heavy atom. The number of hydrogen-bond donors (Lipinski definition) is 2. The van der Waals surface area contributed by atoms with Crippen LogP contribution in [-0.4, -0.2) is 48.2 Å². The second-order valence-electron chi connectivity index (χ2n) is 6.09. The standard InChI is InChI=1S/C16H22N4O3/c1-16(2,19-14(21)13-10-17-6-8-23-13)15-18-9-11-12(22-3)5-4-7-20(11)15/h4-5,7,9,13,17H,6,8,10H2,1-3H3,(H,19,21)/t13-/m0/s1. The summed E-state index contributed by atoms with van der Waals surface area (Å²) in [7, 11) is 1.63. The topological polar surface area (TPSA) is 76.9 Å². The van der Waals surface area contributed by atoms with E-state index in [4.69, 9.17) is 9.47 Å². The largest absolute Gasteiger partial charge is 0.494 e. The number of rotatable bonds is 4. The number of hydrogen-bond acceptors (Lipinski definition) is 5. The Morgan fingerprint density at radius 3 is 3.09 bits per heavy atom. The Labute approximate surface area is 135 Å². The SMILES string of the molecule is COc1cccn2c(C(C)(C)NC(=O)[C@@H]3CNCCO3)ncc12. The average Bonchev–Trinajstić information content (AvgIpc) is 3.00. The molecular formula is C16H22N4O3. The Bertz CT molecular complexity index is 704. The minimum atomic E-state index is -0.642. The molecule has 0 aromatic carbocycles. The van der Waals surface area contributed by atoms with E-state index in [1.165, 1.54) is 0 Å². The van der Waals surface area contributed by atoms with Gasteiger partial charge in [0.05, 0.1) is 25.5 Å². The normalized spacial score (nSPS) is 18.8. The van der Waals surface area contributed by atoms with E-state index in [2.05, 4.69) is 15.6 Å². The number of aromatic nitrogens is 2. The summed E-state index contributed by atoms with van der Waals surface area (Å²) < 4.78 is 12.8. The van der Waals surface area contributed by atoms with Crippen molar-refractivity contribution in [1.29, 1.82) is 0 Å². The quantitative estimate of drug-likeness (QED) is 0.867. The average molecular weight is 318 g/mol. The molecule has 0 radical (unpaired) electrons. The molecule has 1 aliphatic rings. The third kappa shape index (κ3) is 3.02. The lowest BCUT2D eigenvalue weighted by Gasteiger charge is -2.29. The maximum Gasteiger partial charge on any atom is 0.251 e. The van der Waals surface area contributed by atoms with Crippen LogP contribution in [0.25, 0.3) is 5.52 Å². The van der Waals surface area contributed by atoms with Crippen molar-refractivity contribution in [2.75, 3.05) is 26.8 Å². The zero-order chi connectivity index (χ0) is 16.4. The van der Waals surface area contributed by atoms with E-state index < -0.39 is 11.6 Å². The fourth-order valence-corrected chi connectivity index (χ4v) is 2.81. The molecular weight excluding hydrogens is 296 g/mol. The molecule has 23 heavy (non-hydrogen) atoms. The summed E-state index contributed by atoms with van der Waals surface area (Å²) >= 11 is 0. The van der Waals surface area contributed by atoms with Crippen molar-refractivity contribution in [3.63, 3.8) is 0 Å². The van der Waals surface area contributed by atoms with Gasteiger partial charge in [-0.15, -0.1) is 0 Å². The third-order valence-corrected chi connectivity index (χ3v) is 3.97. The van der Waals surface area contributed by atoms with Gasteiger partial charge in [-0.25, -0.2) is 4.98 Å². The summed E-state index contributed by atoms with van der Waals surface area (Å²) in [6, 6.07) is 3.77. The molecule has 0 bridgehead atoms. The molecule has 1 atom stereocenters. The number of methoxy groups -OCH3 is 1. The van der Waals surface area contributed by atoms with E-state index in [1.54, 1.807) is 13.3 Å². The van der Waals surface area contributed by atoms with Crippen molar-refractivity contribution in [2.24, 2.45) is 0 Å². The summed E-state index contributed by atoms with van der Waals surface area (Å²) in [5.74, 6) is 1.35. The second-order valence-corrected chi connectivity index (χ2v) is 6.09. The van der Waals surface area contributed by atoms with Crippen LogP contribution in [0.4, 0.5) is 0 Å². The predicted octanol–water partition coefficient (Wildman–Crippen LogP) is 0.683. The molecule has 0 unspecified atom stereocenters. The van der Waals surface area contributed by atoms with Crippen molar-refractivity contribution in [3.05, 3.63) is 30.4 Å². The van der Waals surface area contributed by atoms with Gasteiger partial charge in [0.15, 0.2) is 0 Å². The fourth-order valence-electron chi connectivity index (χ4n) is 2.81. The molecule has 3 heterocycles. The smallest absolute Gasteiger partial charge is 0.251 e. The van der Waals surface area contributed by atoms with Gasteiger partial charge in [-0.2, -0.15) is 0 Å². The Kier molecular flexibility index (Phi) is 4.23. The highest BCUT2D eigenvalue weighted by Gasteiger charge is 2.32. The van der Waals surface area contributed by atoms with Crippen LogP contribution in [0.2, 0.25) is 0 Å². The van der Waals surface area contributed by atoms with Crippen LogP contribution in [0.1, 0.15) is 19.7 Å². The maximum atomic E-state index is 12.4. The number of nitrogens with zero attached hydrogens (tertiary/aromatic N) is 2. The zero-order valence-electron chi connectivity index (χ0n) is 13.6. The van der Waals surface area contributed by atoms with Crippen LogP contribution in [-0.2, 0) is 15.1 Å². The highest BCUT2D eigenvalue weighted by molar-refractivity contribution is 5.82. The lowest BCUT2D eigenvalue weighted by Crippen LogP contribution is -2.52. The number of pyridine rings is 1. The zero-order valence-corrected chi connectivity index (χ0v) is 13.6. The molecule has 7 heteroatoms. The third-order valence-electron chi connectivity index (χ3n) is 3.97. The molecule has 2 aromatic heterocycles. The highest BCUT2D eigenvalue weighted by atomic mass is 16.5. The van der Waals surface area contributed by atoms with E-state index in [1.807, 2.05) is 36.6 Å². The number of ether oxygens (including phenoxy) is 2. The Balaban J connectivity index is 1.86. The molecule has 1 saturated heterocycles. The first-order valence-corrected chi connectivity index (χ1v) is 7.68. The first-order chi connectivity index (χ1) is 11.0. The maximum absolute atomic E-state index is 12.4. The number of carbonyl (C=O) groups is 1. The highest BCUT2D eigenvalue weighted by Crippen LogP contribution is 2.25. The van der Waals surface area contributed by atoms with Gasteiger partial charge in [-0.1, -0.05) is 0 Å². The lowest BCUT2D eigenvalue weighted by molar-refractivity contribution is -0.136. The van der Waals surface area contributed by atoms with Gasteiger partial charge in [0.1, 0.15) is 23.2 Å².